The van der Waals surface area contributed by atoms with Crippen molar-refractivity contribution in [1.29, 1.82) is 0 Å². The maximum Gasteiger partial charge on any atom is 0.257 e. The van der Waals surface area contributed by atoms with Crippen molar-refractivity contribution in [3.8, 4) is 11.5 Å². The van der Waals surface area contributed by atoms with Crippen molar-refractivity contribution < 1.29 is 14.3 Å². The molecule has 0 radical (unpaired) electrons. The largest absolute Gasteiger partial charge is 0.493 e. The number of methoxy groups -OCH3 is 2. The summed E-state index contributed by atoms with van der Waals surface area (Å²) in [5.41, 5.74) is 0.342. The highest BCUT2D eigenvalue weighted by molar-refractivity contribution is 14.1. The summed E-state index contributed by atoms with van der Waals surface area (Å²) in [6.45, 7) is 0. The van der Waals surface area contributed by atoms with Crippen molar-refractivity contribution >= 4 is 39.4 Å². The molecule has 0 saturated heterocycles. The molecule has 5 heteroatoms. The molecule has 0 aliphatic heterocycles. The SMILES string of the molecule is COc1ccc(I)c(C(=O)Cl)c1OC. The first-order valence-electron chi connectivity index (χ1n) is 3.72. The zero-order valence-corrected chi connectivity index (χ0v) is 10.5. The van der Waals surface area contributed by atoms with Gasteiger partial charge in [-0.05, 0) is 46.3 Å². The molecule has 0 N–H and O–H groups in total. The van der Waals surface area contributed by atoms with Gasteiger partial charge in [0.05, 0.1) is 19.8 Å². The molecule has 0 unspecified atom stereocenters. The van der Waals surface area contributed by atoms with Gasteiger partial charge in [-0.25, -0.2) is 0 Å². The lowest BCUT2D eigenvalue weighted by Crippen LogP contribution is -2.01. The van der Waals surface area contributed by atoms with Gasteiger partial charge >= 0.3 is 0 Å². The summed E-state index contributed by atoms with van der Waals surface area (Å²) >= 11 is 7.46. The van der Waals surface area contributed by atoms with E-state index in [1.165, 1.54) is 14.2 Å². The third-order valence-electron chi connectivity index (χ3n) is 1.69. The predicted octanol–water partition coefficient (Wildman–Crippen LogP) is 2.69. The molecule has 0 amide bonds. The Balaban J connectivity index is 3.42. The first-order valence-corrected chi connectivity index (χ1v) is 5.17. The van der Waals surface area contributed by atoms with Crippen molar-refractivity contribution in [2.24, 2.45) is 0 Å². The smallest absolute Gasteiger partial charge is 0.257 e. The summed E-state index contributed by atoms with van der Waals surface area (Å²) in [5.74, 6) is 0.872. The Morgan fingerprint density at radius 3 is 2.43 bits per heavy atom. The van der Waals surface area contributed by atoms with E-state index in [0.717, 1.165) is 3.57 Å². The quantitative estimate of drug-likeness (QED) is 0.633. The summed E-state index contributed by atoms with van der Waals surface area (Å²) in [7, 11) is 2.98. The van der Waals surface area contributed by atoms with E-state index >= 15 is 0 Å². The van der Waals surface area contributed by atoms with Gasteiger partial charge in [-0.15, -0.1) is 0 Å². The Kier molecular flexibility index (Phi) is 4.00. The lowest BCUT2D eigenvalue weighted by atomic mass is 10.2. The van der Waals surface area contributed by atoms with Crippen molar-refractivity contribution in [2.45, 2.75) is 0 Å². The zero-order chi connectivity index (χ0) is 10.7. The highest BCUT2D eigenvalue weighted by atomic mass is 127. The van der Waals surface area contributed by atoms with Gasteiger partial charge in [-0.3, -0.25) is 4.79 Å². The topological polar surface area (TPSA) is 35.5 Å². The molecule has 0 heterocycles. The Morgan fingerprint density at radius 2 is 2.00 bits per heavy atom. The normalized spacial score (nSPS) is 9.71. The number of ether oxygens (including phenoxy) is 2. The van der Waals surface area contributed by atoms with E-state index in [0.29, 0.717) is 17.1 Å². The van der Waals surface area contributed by atoms with Crippen LogP contribution >= 0.6 is 34.2 Å². The molecule has 0 bridgehead atoms. The van der Waals surface area contributed by atoms with E-state index in [2.05, 4.69) is 0 Å². The Morgan fingerprint density at radius 1 is 1.36 bits per heavy atom. The lowest BCUT2D eigenvalue weighted by Gasteiger charge is -2.11. The van der Waals surface area contributed by atoms with Gasteiger partial charge in [0, 0.05) is 3.57 Å². The summed E-state index contributed by atoms with van der Waals surface area (Å²) in [6.07, 6.45) is 0. The van der Waals surface area contributed by atoms with Crippen LogP contribution in [0.4, 0.5) is 0 Å². The zero-order valence-electron chi connectivity index (χ0n) is 7.64. The van der Waals surface area contributed by atoms with Gasteiger partial charge in [0.15, 0.2) is 11.5 Å². The summed E-state index contributed by atoms with van der Waals surface area (Å²) in [6, 6.07) is 3.47. The van der Waals surface area contributed by atoms with Crippen LogP contribution in [0, 0.1) is 3.57 Å². The molecule has 0 saturated carbocycles. The molecule has 3 nitrogen and oxygen atoms in total. The number of carbonyl (C=O) groups is 1. The molecule has 1 aromatic carbocycles. The van der Waals surface area contributed by atoms with Gasteiger partial charge < -0.3 is 9.47 Å². The number of rotatable bonds is 3. The molecular formula is C9H8ClIO3. The second-order valence-corrected chi connectivity index (χ2v) is 3.94. The molecule has 76 valence electrons. The van der Waals surface area contributed by atoms with E-state index in [9.17, 15) is 4.79 Å². The van der Waals surface area contributed by atoms with E-state index < -0.39 is 5.24 Å². The number of halogens is 2. The number of carbonyl (C=O) groups excluding carboxylic acids is 1. The van der Waals surface area contributed by atoms with Crippen LogP contribution in [0.25, 0.3) is 0 Å². The van der Waals surface area contributed by atoms with Crippen molar-refractivity contribution in [1.82, 2.24) is 0 Å². The number of benzene rings is 1. The second kappa shape index (κ2) is 4.84. The van der Waals surface area contributed by atoms with Crippen LogP contribution in [0.1, 0.15) is 10.4 Å². The molecule has 0 aromatic heterocycles. The Bertz CT molecular complexity index is 365. The fourth-order valence-corrected chi connectivity index (χ4v) is 2.10. The molecule has 0 atom stereocenters. The number of hydrogen-bond donors (Lipinski definition) is 0. The van der Waals surface area contributed by atoms with Gasteiger partial charge in [0.2, 0.25) is 0 Å². The molecule has 1 aromatic rings. The minimum Gasteiger partial charge on any atom is -0.493 e. The van der Waals surface area contributed by atoms with Crippen LogP contribution in [-0.2, 0) is 0 Å². The minimum absolute atomic E-state index is 0.342. The van der Waals surface area contributed by atoms with Crippen molar-refractivity contribution in [3.05, 3.63) is 21.3 Å². The fourth-order valence-electron chi connectivity index (χ4n) is 1.09. The van der Waals surface area contributed by atoms with Gasteiger partial charge in [-0.2, -0.15) is 0 Å². The first-order chi connectivity index (χ1) is 6.61. The second-order valence-electron chi connectivity index (χ2n) is 2.43. The van der Waals surface area contributed by atoms with Gasteiger partial charge in [-0.1, -0.05) is 0 Å². The molecule has 14 heavy (non-hydrogen) atoms. The van der Waals surface area contributed by atoms with Crippen LogP contribution in [-0.4, -0.2) is 19.5 Å². The standard InChI is InChI=1S/C9H8ClIO3/c1-13-6-4-3-5(11)7(9(10)12)8(6)14-2/h3-4H,1-2H3. The number of hydrogen-bond acceptors (Lipinski definition) is 3. The molecule has 0 aliphatic carbocycles. The van der Waals surface area contributed by atoms with Crippen LogP contribution in [0.5, 0.6) is 11.5 Å². The van der Waals surface area contributed by atoms with Gasteiger partial charge in [0.25, 0.3) is 5.24 Å². The average Bonchev–Trinajstić information content (AvgIpc) is 2.16. The third kappa shape index (κ3) is 2.12. The molecule has 0 spiro atoms. The summed E-state index contributed by atoms with van der Waals surface area (Å²) in [5, 5.41) is -0.551. The molecule has 0 aliphatic rings. The van der Waals surface area contributed by atoms with E-state index in [4.69, 9.17) is 21.1 Å². The van der Waals surface area contributed by atoms with Crippen LogP contribution in [0.3, 0.4) is 0 Å². The molecule has 1 rings (SSSR count). The van der Waals surface area contributed by atoms with Crippen molar-refractivity contribution in [2.75, 3.05) is 14.2 Å². The van der Waals surface area contributed by atoms with E-state index in [1.807, 2.05) is 22.6 Å². The summed E-state index contributed by atoms with van der Waals surface area (Å²) in [4.78, 5) is 11.1. The van der Waals surface area contributed by atoms with Crippen LogP contribution in [0.15, 0.2) is 12.1 Å². The summed E-state index contributed by atoms with van der Waals surface area (Å²) < 4.78 is 10.9. The monoisotopic (exact) mass is 326 g/mol. The molecular weight excluding hydrogens is 318 g/mol. The predicted molar refractivity (Wildman–Crippen MR) is 62.4 cm³/mol. The van der Waals surface area contributed by atoms with Crippen LogP contribution in [0.2, 0.25) is 0 Å². The highest BCUT2D eigenvalue weighted by Crippen LogP contribution is 2.34. The van der Waals surface area contributed by atoms with Gasteiger partial charge in [0.1, 0.15) is 0 Å². The first kappa shape index (κ1) is 11.6. The average molecular weight is 327 g/mol. The maximum atomic E-state index is 11.1. The highest BCUT2D eigenvalue weighted by Gasteiger charge is 2.18. The Labute approximate surface area is 100 Å². The minimum atomic E-state index is -0.551. The maximum absolute atomic E-state index is 11.1. The fraction of sp³-hybridized carbons (Fsp3) is 0.222. The Hall–Kier alpha value is -0.490. The molecule has 0 fully saturated rings. The van der Waals surface area contributed by atoms with E-state index in [-0.39, 0.29) is 0 Å². The third-order valence-corrected chi connectivity index (χ3v) is 2.78. The van der Waals surface area contributed by atoms with E-state index in [1.54, 1.807) is 12.1 Å². The lowest BCUT2D eigenvalue weighted by molar-refractivity contribution is 0.107. The van der Waals surface area contributed by atoms with Crippen molar-refractivity contribution in [3.63, 3.8) is 0 Å². The van der Waals surface area contributed by atoms with Crippen LogP contribution < -0.4 is 9.47 Å².